The lowest BCUT2D eigenvalue weighted by molar-refractivity contribution is -0.136. The molecule has 1 aromatic carbocycles. The summed E-state index contributed by atoms with van der Waals surface area (Å²) in [7, 11) is -3.14. The van der Waals surface area contributed by atoms with Crippen molar-refractivity contribution in [3.05, 3.63) is 46.3 Å². The molecule has 0 aliphatic carbocycles. The monoisotopic (exact) mass is 393 g/mol. The summed E-state index contributed by atoms with van der Waals surface area (Å²) in [6, 6.07) is 7.09. The van der Waals surface area contributed by atoms with Crippen LogP contribution in [0.5, 0.6) is 0 Å². The number of nitrogens with zero attached hydrogens (tertiary/aromatic N) is 1. The third-order valence-corrected chi connectivity index (χ3v) is 6.22. The normalized spacial score (nSPS) is 18.3. The Morgan fingerprint density at radius 3 is 2.70 bits per heavy atom. The predicted molar refractivity (Wildman–Crippen MR) is 97.2 cm³/mol. The van der Waals surface area contributed by atoms with Crippen molar-refractivity contribution in [1.29, 1.82) is 0 Å². The molecule has 0 bridgehead atoms. The summed E-state index contributed by atoms with van der Waals surface area (Å²) in [6.07, 6.45) is 0.370. The highest BCUT2D eigenvalue weighted by molar-refractivity contribution is 7.91. The lowest BCUT2D eigenvalue weighted by Crippen LogP contribution is -2.43. The minimum absolute atomic E-state index is 0.0451. The van der Waals surface area contributed by atoms with Gasteiger partial charge in [-0.25, -0.2) is 13.2 Å². The van der Waals surface area contributed by atoms with Gasteiger partial charge in [-0.1, -0.05) is 12.1 Å². The number of benzene rings is 1. The van der Waals surface area contributed by atoms with Crippen molar-refractivity contribution in [2.45, 2.75) is 19.4 Å². The molecule has 1 unspecified atom stereocenters. The molecule has 1 aliphatic heterocycles. The number of carbonyl (C=O) groups excluding carboxylic acids is 2. The number of fused-ring (bicyclic) bond motifs is 1. The van der Waals surface area contributed by atoms with E-state index in [0.29, 0.717) is 18.4 Å². The molecule has 1 atom stereocenters. The molecule has 144 valence electrons. The molecule has 0 saturated carbocycles. The number of hydrogen-bond donors (Lipinski definition) is 0. The number of likely N-dealkylation sites (N-methyl/N-ethyl adjacent to an activating group) is 1. The Balaban J connectivity index is 1.68. The predicted octanol–water partition coefficient (Wildman–Crippen LogP) is 0.985. The van der Waals surface area contributed by atoms with Crippen LogP contribution in [-0.2, 0) is 19.4 Å². The molecule has 9 heteroatoms. The maximum Gasteiger partial charge on any atom is 0.374 e. The second-order valence-electron chi connectivity index (χ2n) is 6.28. The van der Waals surface area contributed by atoms with Crippen LogP contribution >= 0.6 is 0 Å². The molecule has 8 nitrogen and oxygen atoms in total. The van der Waals surface area contributed by atoms with Crippen LogP contribution in [0.1, 0.15) is 23.9 Å². The Morgan fingerprint density at radius 1 is 1.30 bits per heavy atom. The first kappa shape index (κ1) is 19.1. The van der Waals surface area contributed by atoms with E-state index < -0.39 is 34.4 Å². The highest BCUT2D eigenvalue weighted by Gasteiger charge is 2.34. The minimum Gasteiger partial charge on any atom is -0.450 e. The number of rotatable bonds is 5. The van der Waals surface area contributed by atoms with Crippen molar-refractivity contribution >= 4 is 32.7 Å². The Morgan fingerprint density at radius 2 is 2.04 bits per heavy atom. The van der Waals surface area contributed by atoms with Crippen molar-refractivity contribution in [2.75, 3.05) is 24.7 Å². The van der Waals surface area contributed by atoms with E-state index in [1.54, 1.807) is 31.2 Å². The second-order valence-corrected chi connectivity index (χ2v) is 8.51. The summed E-state index contributed by atoms with van der Waals surface area (Å²) in [5.41, 5.74) is -0.143. The number of sulfone groups is 1. The number of ether oxygens (including phenoxy) is 1. The molecule has 2 heterocycles. The van der Waals surface area contributed by atoms with E-state index in [1.807, 2.05) is 0 Å². The molecule has 0 spiro atoms. The molecule has 1 aliphatic rings. The number of amides is 1. The zero-order valence-corrected chi connectivity index (χ0v) is 15.5. The fourth-order valence-electron chi connectivity index (χ4n) is 3.15. The summed E-state index contributed by atoms with van der Waals surface area (Å²) in [6.45, 7) is 1.48. The molecule has 3 rings (SSSR count). The van der Waals surface area contributed by atoms with E-state index in [-0.39, 0.29) is 28.3 Å². The highest BCUT2D eigenvalue weighted by Crippen LogP contribution is 2.18. The van der Waals surface area contributed by atoms with Gasteiger partial charge in [-0.15, -0.1) is 0 Å². The topological polar surface area (TPSA) is 111 Å². The van der Waals surface area contributed by atoms with Gasteiger partial charge in [-0.3, -0.25) is 9.59 Å². The molecular weight excluding hydrogens is 374 g/mol. The van der Waals surface area contributed by atoms with E-state index in [9.17, 15) is 22.8 Å². The van der Waals surface area contributed by atoms with Gasteiger partial charge in [0.25, 0.3) is 5.91 Å². The lowest BCUT2D eigenvalue weighted by Gasteiger charge is -2.26. The van der Waals surface area contributed by atoms with Gasteiger partial charge in [-0.05, 0) is 25.5 Å². The van der Waals surface area contributed by atoms with E-state index in [0.717, 1.165) is 6.07 Å². The smallest absolute Gasteiger partial charge is 0.374 e. The van der Waals surface area contributed by atoms with Crippen LogP contribution in [0.15, 0.2) is 39.5 Å². The number of carbonyl (C=O) groups is 2. The summed E-state index contributed by atoms with van der Waals surface area (Å²) < 4.78 is 33.6. The van der Waals surface area contributed by atoms with Crippen LogP contribution in [0.3, 0.4) is 0 Å². The van der Waals surface area contributed by atoms with Gasteiger partial charge in [-0.2, -0.15) is 0 Å². The first-order valence-corrected chi connectivity index (χ1v) is 10.3. The first-order chi connectivity index (χ1) is 12.8. The van der Waals surface area contributed by atoms with E-state index >= 15 is 0 Å². The summed E-state index contributed by atoms with van der Waals surface area (Å²) in [4.78, 5) is 37.9. The third-order valence-electron chi connectivity index (χ3n) is 4.47. The quantitative estimate of drug-likeness (QED) is 0.696. The molecule has 1 saturated heterocycles. The van der Waals surface area contributed by atoms with Crippen LogP contribution in [0, 0.1) is 0 Å². The Labute approximate surface area is 155 Å². The highest BCUT2D eigenvalue weighted by atomic mass is 32.2. The summed E-state index contributed by atoms with van der Waals surface area (Å²) in [5.74, 6) is -1.75. The zero-order chi connectivity index (χ0) is 19.6. The van der Waals surface area contributed by atoms with E-state index in [1.165, 1.54) is 4.90 Å². The molecule has 1 amide bonds. The van der Waals surface area contributed by atoms with Gasteiger partial charge >= 0.3 is 5.97 Å². The second kappa shape index (κ2) is 7.51. The number of para-hydroxylation sites is 1. The molecule has 1 aromatic heterocycles. The first-order valence-electron chi connectivity index (χ1n) is 8.50. The largest absolute Gasteiger partial charge is 0.450 e. The standard InChI is InChI=1S/C18H19NO7S/c1-2-19(12-7-8-27(23,24)11-12)17(21)10-25-18(22)16-9-14(20)13-5-3-4-6-15(13)26-16/h3-6,9,12H,2,7-8,10-11H2,1H3. The van der Waals surface area contributed by atoms with Gasteiger partial charge < -0.3 is 14.1 Å². The van der Waals surface area contributed by atoms with E-state index in [2.05, 4.69) is 0 Å². The molecule has 0 N–H and O–H groups in total. The fourth-order valence-corrected chi connectivity index (χ4v) is 4.88. The van der Waals surface area contributed by atoms with Crippen molar-refractivity contribution in [2.24, 2.45) is 0 Å². The van der Waals surface area contributed by atoms with Crippen molar-refractivity contribution < 1.29 is 27.2 Å². The third kappa shape index (κ3) is 4.19. The van der Waals surface area contributed by atoms with Crippen LogP contribution in [0.4, 0.5) is 0 Å². The maximum atomic E-state index is 12.3. The molecule has 1 fully saturated rings. The summed E-state index contributed by atoms with van der Waals surface area (Å²) in [5, 5.41) is 0.338. The lowest BCUT2D eigenvalue weighted by atomic mass is 10.2. The van der Waals surface area contributed by atoms with Crippen molar-refractivity contribution in [3.8, 4) is 0 Å². The van der Waals surface area contributed by atoms with Crippen LogP contribution in [0.25, 0.3) is 11.0 Å². The van der Waals surface area contributed by atoms with Crippen LogP contribution < -0.4 is 5.43 Å². The zero-order valence-electron chi connectivity index (χ0n) is 14.7. The van der Waals surface area contributed by atoms with E-state index in [4.69, 9.17) is 9.15 Å². The van der Waals surface area contributed by atoms with Crippen LogP contribution in [-0.4, -0.2) is 55.9 Å². The van der Waals surface area contributed by atoms with Gasteiger partial charge in [0.1, 0.15) is 5.58 Å². The average Bonchev–Trinajstić information content (AvgIpc) is 2.99. The Hall–Kier alpha value is -2.68. The molecule has 27 heavy (non-hydrogen) atoms. The van der Waals surface area contributed by atoms with Gasteiger partial charge in [0.05, 0.1) is 16.9 Å². The molecule has 2 aromatic rings. The minimum atomic E-state index is -3.14. The van der Waals surface area contributed by atoms with Gasteiger partial charge in [0.15, 0.2) is 21.9 Å². The number of esters is 1. The molecule has 0 radical (unpaired) electrons. The fraction of sp³-hybridized carbons (Fsp3) is 0.389. The van der Waals surface area contributed by atoms with Crippen LogP contribution in [0.2, 0.25) is 0 Å². The Kier molecular flexibility index (Phi) is 5.31. The van der Waals surface area contributed by atoms with Crippen molar-refractivity contribution in [1.82, 2.24) is 4.90 Å². The van der Waals surface area contributed by atoms with Gasteiger partial charge in [0.2, 0.25) is 5.76 Å². The van der Waals surface area contributed by atoms with Crippen molar-refractivity contribution in [3.63, 3.8) is 0 Å². The summed E-state index contributed by atoms with van der Waals surface area (Å²) >= 11 is 0. The Bertz CT molecular complexity index is 1040. The van der Waals surface area contributed by atoms with Gasteiger partial charge in [0, 0.05) is 18.7 Å². The average molecular weight is 393 g/mol. The maximum absolute atomic E-state index is 12.3. The number of hydrogen-bond acceptors (Lipinski definition) is 7. The SMILES string of the molecule is CCN(C(=O)COC(=O)c1cc(=O)c2ccccc2o1)C1CCS(=O)(=O)C1. The molecular formula is C18H19NO7S.